The van der Waals surface area contributed by atoms with Crippen molar-refractivity contribution in [1.82, 2.24) is 0 Å². The smallest absolute Gasteiger partial charge is 0.190 e. The second-order valence-corrected chi connectivity index (χ2v) is 4.31. The molecule has 0 aromatic rings. The summed E-state index contributed by atoms with van der Waals surface area (Å²) in [5.41, 5.74) is 0. The minimum atomic E-state index is -0.653. The molecule has 2 atom stereocenters. The second kappa shape index (κ2) is 3.56. The maximum absolute atomic E-state index is 11.0. The van der Waals surface area contributed by atoms with Crippen LogP contribution in [0.5, 0.6) is 0 Å². The van der Waals surface area contributed by atoms with Gasteiger partial charge in [-0.3, -0.25) is 8.68 Å². The zero-order chi connectivity index (χ0) is 9.23. The fourth-order valence-corrected chi connectivity index (χ4v) is 1.67. The van der Waals surface area contributed by atoms with Crippen LogP contribution >= 0.6 is 12.8 Å². The summed E-state index contributed by atoms with van der Waals surface area (Å²) in [4.78, 5) is 11.0. The van der Waals surface area contributed by atoms with Gasteiger partial charge in [-0.2, -0.15) is 0 Å². The Morgan fingerprint density at radius 3 is 1.91 bits per heavy atom. The van der Waals surface area contributed by atoms with Crippen LogP contribution in [0.2, 0.25) is 0 Å². The van der Waals surface area contributed by atoms with Crippen molar-refractivity contribution in [2.45, 2.75) is 26.0 Å². The highest BCUT2D eigenvalue weighted by atomic mass is 32.1. The zero-order valence-corrected chi connectivity index (χ0v) is 8.30. The largest absolute Gasteiger partial charge is 0.387 e. The van der Waals surface area contributed by atoms with Gasteiger partial charge in [-0.05, 0) is 6.92 Å². The van der Waals surface area contributed by atoms with Crippen LogP contribution in [0.1, 0.15) is 13.8 Å². The van der Waals surface area contributed by atoms with E-state index in [4.69, 9.17) is 0 Å². The van der Waals surface area contributed by atoms with Crippen molar-refractivity contribution in [3.8, 4) is 0 Å². The maximum Gasteiger partial charge on any atom is 0.190 e. The van der Waals surface area contributed by atoms with E-state index >= 15 is 0 Å². The number of ketones is 1. The molecule has 1 N–H and O–H groups in total. The molecule has 66 valence electrons. The van der Waals surface area contributed by atoms with Gasteiger partial charge < -0.3 is 5.11 Å². The number of nitrogens with zero attached hydrogens (tertiary/aromatic N) is 1. The van der Waals surface area contributed by atoms with Crippen molar-refractivity contribution in [1.29, 1.82) is 0 Å². The molecule has 0 aromatic carbocycles. The SMILES string of the molecule is CC(=O)C(C(C)O)[N+](C)(C)S. The van der Waals surface area contributed by atoms with Crippen LogP contribution in [0.25, 0.3) is 0 Å². The lowest BCUT2D eigenvalue weighted by molar-refractivity contribution is -0.770. The van der Waals surface area contributed by atoms with Crippen LogP contribution in [0.3, 0.4) is 0 Å². The Hall–Kier alpha value is -0.0600. The molecule has 0 aliphatic rings. The summed E-state index contributed by atoms with van der Waals surface area (Å²) in [6.45, 7) is 3.07. The molecule has 0 amide bonds. The molecule has 4 heteroatoms. The first-order chi connectivity index (χ1) is 4.76. The predicted octanol–water partition coefficient (Wildman–Crippen LogP) is 0.246. The van der Waals surface area contributed by atoms with Gasteiger partial charge in [0, 0.05) is 6.92 Å². The third kappa shape index (κ3) is 3.22. The topological polar surface area (TPSA) is 37.3 Å². The first kappa shape index (κ1) is 10.9. The lowest BCUT2D eigenvalue weighted by Gasteiger charge is -2.31. The number of carbonyl (C=O) groups excluding carboxylic acids is 1. The van der Waals surface area contributed by atoms with E-state index in [9.17, 15) is 9.90 Å². The first-order valence-electron chi connectivity index (χ1n) is 3.51. The Labute approximate surface area is 73.1 Å². The third-order valence-electron chi connectivity index (χ3n) is 1.55. The van der Waals surface area contributed by atoms with Crippen molar-refractivity contribution < 1.29 is 13.8 Å². The Morgan fingerprint density at radius 2 is 1.91 bits per heavy atom. The molecule has 0 saturated heterocycles. The summed E-state index contributed by atoms with van der Waals surface area (Å²) in [7, 11) is 3.53. The second-order valence-electron chi connectivity index (χ2n) is 3.28. The Bertz CT molecular complexity index is 151. The number of rotatable bonds is 3. The molecular formula is C7H16NO2S+. The standard InChI is InChI=1S/C7H16NO2S/c1-5(9)7(6(2)10)8(3,4)11/h5,7,9,11H,1-4H3/q+1. The van der Waals surface area contributed by atoms with Crippen molar-refractivity contribution in [3.63, 3.8) is 0 Å². The number of likely N-dealkylation sites (N-methyl/N-ethyl adjacent to an activating group) is 1. The van der Waals surface area contributed by atoms with Crippen LogP contribution in [-0.2, 0) is 4.79 Å². The highest BCUT2D eigenvalue weighted by molar-refractivity contribution is 7.74. The van der Waals surface area contributed by atoms with Crippen molar-refractivity contribution in [3.05, 3.63) is 0 Å². The summed E-state index contributed by atoms with van der Waals surface area (Å²) in [6.07, 6.45) is -0.653. The van der Waals surface area contributed by atoms with Crippen LogP contribution in [0.15, 0.2) is 0 Å². The number of hydrogen-bond acceptors (Lipinski definition) is 3. The quantitative estimate of drug-likeness (QED) is 0.480. The van der Waals surface area contributed by atoms with Crippen LogP contribution in [0, 0.1) is 0 Å². The monoisotopic (exact) mass is 178 g/mol. The highest BCUT2D eigenvalue weighted by Crippen LogP contribution is 2.14. The molecule has 0 bridgehead atoms. The molecule has 2 unspecified atom stereocenters. The molecule has 0 aromatic heterocycles. The van der Waals surface area contributed by atoms with E-state index in [0.717, 1.165) is 0 Å². The van der Waals surface area contributed by atoms with E-state index < -0.39 is 12.1 Å². The zero-order valence-electron chi connectivity index (χ0n) is 7.40. The van der Waals surface area contributed by atoms with Crippen LogP contribution in [-0.4, -0.2) is 41.0 Å². The van der Waals surface area contributed by atoms with E-state index in [0.29, 0.717) is 0 Å². The number of carbonyl (C=O) groups is 1. The number of hydrogen-bond donors (Lipinski definition) is 2. The fourth-order valence-electron chi connectivity index (χ4n) is 1.31. The number of aliphatic hydroxyl groups excluding tert-OH is 1. The molecule has 0 heterocycles. The van der Waals surface area contributed by atoms with Crippen molar-refractivity contribution >= 4 is 18.6 Å². The molecule has 0 spiro atoms. The van der Waals surface area contributed by atoms with Gasteiger partial charge in [0.05, 0.1) is 26.9 Å². The van der Waals surface area contributed by atoms with E-state index in [-0.39, 0.29) is 9.67 Å². The molecular weight excluding hydrogens is 162 g/mol. The molecule has 0 aliphatic heterocycles. The minimum absolute atomic E-state index is 0.0417. The summed E-state index contributed by atoms with van der Waals surface area (Å²) in [5, 5.41) is 9.23. The van der Waals surface area contributed by atoms with Gasteiger partial charge >= 0.3 is 0 Å². The van der Waals surface area contributed by atoms with Gasteiger partial charge in [-0.15, -0.1) is 0 Å². The van der Waals surface area contributed by atoms with E-state index in [1.54, 1.807) is 21.0 Å². The summed E-state index contributed by atoms with van der Waals surface area (Å²) >= 11 is 4.19. The number of Topliss-reactive ketones (excluding diaryl/α,β-unsaturated/α-hetero) is 1. The highest BCUT2D eigenvalue weighted by Gasteiger charge is 2.34. The maximum atomic E-state index is 11.0. The molecule has 0 aliphatic carbocycles. The van der Waals surface area contributed by atoms with Gasteiger partial charge in [-0.1, -0.05) is 0 Å². The molecule has 3 nitrogen and oxygen atoms in total. The molecule has 0 fully saturated rings. The van der Waals surface area contributed by atoms with Gasteiger partial charge in [0.15, 0.2) is 11.8 Å². The van der Waals surface area contributed by atoms with Gasteiger partial charge in [0.25, 0.3) is 0 Å². The lowest BCUT2D eigenvalue weighted by Crippen LogP contribution is -2.51. The first-order valence-corrected chi connectivity index (χ1v) is 3.91. The number of thiol groups is 1. The van der Waals surface area contributed by atoms with Crippen molar-refractivity contribution in [2.75, 3.05) is 14.1 Å². The average molecular weight is 178 g/mol. The van der Waals surface area contributed by atoms with Crippen LogP contribution < -0.4 is 0 Å². The fraction of sp³-hybridized carbons (Fsp3) is 0.857. The Kier molecular flexibility index (Phi) is 3.54. The Morgan fingerprint density at radius 1 is 1.55 bits per heavy atom. The summed E-state index contributed by atoms with van der Waals surface area (Å²) < 4.78 is 0.174. The minimum Gasteiger partial charge on any atom is -0.387 e. The van der Waals surface area contributed by atoms with E-state index in [2.05, 4.69) is 12.8 Å². The van der Waals surface area contributed by atoms with E-state index in [1.807, 2.05) is 0 Å². The number of quaternary nitrogens is 1. The molecule has 0 saturated carbocycles. The average Bonchev–Trinajstić information content (AvgIpc) is 1.54. The van der Waals surface area contributed by atoms with Gasteiger partial charge in [0.2, 0.25) is 0 Å². The molecule has 0 radical (unpaired) electrons. The van der Waals surface area contributed by atoms with E-state index in [1.165, 1.54) is 6.92 Å². The van der Waals surface area contributed by atoms with Crippen LogP contribution in [0.4, 0.5) is 0 Å². The lowest BCUT2D eigenvalue weighted by atomic mass is 10.1. The molecule has 11 heavy (non-hydrogen) atoms. The normalized spacial score (nSPS) is 17.6. The van der Waals surface area contributed by atoms with Gasteiger partial charge in [0.1, 0.15) is 6.10 Å². The summed E-state index contributed by atoms with van der Waals surface area (Å²) in [5.74, 6) is -0.0417. The molecule has 0 rings (SSSR count). The Balaban J connectivity index is 4.49. The van der Waals surface area contributed by atoms with Crippen molar-refractivity contribution in [2.24, 2.45) is 0 Å². The summed E-state index contributed by atoms with van der Waals surface area (Å²) in [6, 6.07) is -0.446. The number of aliphatic hydroxyl groups is 1. The third-order valence-corrected chi connectivity index (χ3v) is 1.80. The van der Waals surface area contributed by atoms with Gasteiger partial charge in [-0.25, -0.2) is 0 Å². The predicted molar refractivity (Wildman–Crippen MR) is 47.2 cm³/mol.